The average molecular weight is 255 g/mol. The third-order valence-corrected chi connectivity index (χ3v) is 3.30. The van der Waals surface area contributed by atoms with Crippen LogP contribution >= 0.6 is 0 Å². The van der Waals surface area contributed by atoms with Crippen LogP contribution in [0.25, 0.3) is 10.8 Å². The van der Waals surface area contributed by atoms with Crippen LogP contribution in [0.2, 0.25) is 0 Å². The number of amides is 2. The molecule has 0 bridgehead atoms. The first-order chi connectivity index (χ1) is 9.09. The van der Waals surface area contributed by atoms with Crippen molar-refractivity contribution in [2.45, 2.75) is 13.0 Å². The van der Waals surface area contributed by atoms with Gasteiger partial charge in [-0.1, -0.05) is 24.3 Å². The van der Waals surface area contributed by atoms with Gasteiger partial charge in [0, 0.05) is 16.5 Å². The zero-order valence-electron chi connectivity index (χ0n) is 10.5. The highest BCUT2D eigenvalue weighted by molar-refractivity contribution is 6.25. The zero-order valence-corrected chi connectivity index (χ0v) is 10.5. The van der Waals surface area contributed by atoms with Gasteiger partial charge < -0.3 is 5.11 Å². The van der Waals surface area contributed by atoms with Crippen molar-refractivity contribution in [3.63, 3.8) is 0 Å². The molecule has 96 valence electrons. The van der Waals surface area contributed by atoms with E-state index in [2.05, 4.69) is 0 Å². The first-order valence-electron chi connectivity index (χ1n) is 6.15. The molecule has 0 aromatic heterocycles. The van der Waals surface area contributed by atoms with Crippen molar-refractivity contribution in [1.29, 1.82) is 0 Å². The minimum atomic E-state index is -0.739. The molecule has 0 radical (unpaired) electrons. The first kappa shape index (κ1) is 11.9. The van der Waals surface area contributed by atoms with Gasteiger partial charge in [-0.3, -0.25) is 14.5 Å². The molecule has 4 heteroatoms. The molecule has 19 heavy (non-hydrogen) atoms. The third kappa shape index (κ3) is 1.72. The molecule has 2 aromatic carbocycles. The monoisotopic (exact) mass is 255 g/mol. The fourth-order valence-electron chi connectivity index (χ4n) is 2.51. The predicted octanol–water partition coefficient (Wildman–Crippen LogP) is 1.82. The Labute approximate surface area is 110 Å². The Hall–Kier alpha value is -2.20. The Morgan fingerprint density at radius 2 is 1.58 bits per heavy atom. The lowest BCUT2D eigenvalue weighted by Crippen LogP contribution is -2.43. The minimum absolute atomic E-state index is 0.0163. The number of β-amino-alcohol motifs (C(OH)–C–C–N with tert-alkyl or cyclic N) is 1. The summed E-state index contributed by atoms with van der Waals surface area (Å²) in [5.74, 6) is -0.676. The van der Waals surface area contributed by atoms with E-state index in [0.717, 1.165) is 10.3 Å². The standard InChI is InChI=1S/C15H13NO3/c1-9(17)8-16-14(18)11-6-2-4-10-5-3-7-12(13(10)11)15(16)19/h2-7,9,17H,8H2,1H3. The van der Waals surface area contributed by atoms with E-state index in [9.17, 15) is 14.7 Å². The third-order valence-electron chi connectivity index (χ3n) is 3.30. The maximum atomic E-state index is 12.3. The molecule has 1 N–H and O–H groups in total. The van der Waals surface area contributed by atoms with E-state index in [1.165, 1.54) is 0 Å². The zero-order chi connectivity index (χ0) is 13.6. The lowest BCUT2D eigenvalue weighted by atomic mass is 9.94. The SMILES string of the molecule is CC(O)CN1C(=O)c2cccc3cccc(c23)C1=O. The van der Waals surface area contributed by atoms with Crippen LogP contribution in [-0.2, 0) is 0 Å². The molecule has 1 aliphatic heterocycles. The maximum Gasteiger partial charge on any atom is 0.261 e. The normalized spacial score (nSPS) is 16.0. The lowest BCUT2D eigenvalue weighted by Gasteiger charge is -2.27. The van der Waals surface area contributed by atoms with Gasteiger partial charge in [0.15, 0.2) is 0 Å². The van der Waals surface area contributed by atoms with Crippen LogP contribution in [0.1, 0.15) is 27.6 Å². The van der Waals surface area contributed by atoms with Crippen molar-refractivity contribution < 1.29 is 14.7 Å². The van der Waals surface area contributed by atoms with E-state index in [-0.39, 0.29) is 18.4 Å². The highest BCUT2D eigenvalue weighted by Gasteiger charge is 2.32. The fourth-order valence-corrected chi connectivity index (χ4v) is 2.51. The number of hydrogen-bond acceptors (Lipinski definition) is 3. The number of aliphatic hydroxyl groups is 1. The molecule has 1 unspecified atom stereocenters. The van der Waals surface area contributed by atoms with Gasteiger partial charge in [0.1, 0.15) is 0 Å². The molecule has 1 atom stereocenters. The topological polar surface area (TPSA) is 57.6 Å². The Kier molecular flexibility index (Phi) is 2.61. The molecule has 0 spiro atoms. The molecular formula is C15H13NO3. The number of carbonyl (C=O) groups excluding carboxylic acids is 2. The number of rotatable bonds is 2. The van der Waals surface area contributed by atoms with E-state index in [1.54, 1.807) is 31.2 Å². The van der Waals surface area contributed by atoms with E-state index in [4.69, 9.17) is 0 Å². The van der Waals surface area contributed by atoms with Crippen molar-refractivity contribution in [1.82, 2.24) is 4.90 Å². The minimum Gasteiger partial charge on any atom is -0.392 e. The van der Waals surface area contributed by atoms with Crippen LogP contribution in [0.15, 0.2) is 36.4 Å². The van der Waals surface area contributed by atoms with Crippen LogP contribution in [0.5, 0.6) is 0 Å². The van der Waals surface area contributed by atoms with Crippen LogP contribution < -0.4 is 0 Å². The van der Waals surface area contributed by atoms with Gasteiger partial charge in [0.25, 0.3) is 11.8 Å². The van der Waals surface area contributed by atoms with Gasteiger partial charge in [-0.25, -0.2) is 0 Å². The van der Waals surface area contributed by atoms with Gasteiger partial charge in [0.05, 0.1) is 12.6 Å². The number of carbonyl (C=O) groups is 2. The van der Waals surface area contributed by atoms with Gasteiger partial charge in [-0.2, -0.15) is 0 Å². The van der Waals surface area contributed by atoms with Crippen molar-refractivity contribution in [2.24, 2.45) is 0 Å². The molecule has 0 saturated heterocycles. The summed E-state index contributed by atoms with van der Waals surface area (Å²) in [6.07, 6.45) is -0.739. The second-order valence-corrected chi connectivity index (χ2v) is 4.78. The second kappa shape index (κ2) is 4.17. The second-order valence-electron chi connectivity index (χ2n) is 4.78. The summed E-state index contributed by atoms with van der Waals surface area (Å²) >= 11 is 0. The van der Waals surface area contributed by atoms with Crippen molar-refractivity contribution in [2.75, 3.05) is 6.54 Å². The van der Waals surface area contributed by atoms with Gasteiger partial charge in [-0.05, 0) is 24.4 Å². The van der Waals surface area contributed by atoms with E-state index >= 15 is 0 Å². The maximum absolute atomic E-state index is 12.3. The van der Waals surface area contributed by atoms with E-state index in [1.807, 2.05) is 12.1 Å². The summed E-state index contributed by atoms with van der Waals surface area (Å²) in [5.41, 5.74) is 1.04. The van der Waals surface area contributed by atoms with Crippen LogP contribution in [0.4, 0.5) is 0 Å². The summed E-state index contributed by atoms with van der Waals surface area (Å²) < 4.78 is 0. The number of nitrogens with zero attached hydrogens (tertiary/aromatic N) is 1. The van der Waals surface area contributed by atoms with Crippen molar-refractivity contribution in [3.05, 3.63) is 47.5 Å². The molecule has 2 aromatic rings. The predicted molar refractivity (Wildman–Crippen MR) is 71.0 cm³/mol. The van der Waals surface area contributed by atoms with Gasteiger partial charge in [-0.15, -0.1) is 0 Å². The largest absolute Gasteiger partial charge is 0.392 e. The van der Waals surface area contributed by atoms with Crippen LogP contribution in [0, 0.1) is 0 Å². The summed E-state index contributed by atoms with van der Waals surface area (Å²) in [7, 11) is 0. The molecule has 1 heterocycles. The van der Waals surface area contributed by atoms with Crippen LogP contribution in [-0.4, -0.2) is 34.5 Å². The molecule has 1 aliphatic rings. The summed E-state index contributed by atoms with van der Waals surface area (Å²) in [5, 5.41) is 11.0. The lowest BCUT2D eigenvalue weighted by molar-refractivity contribution is 0.0520. The fraction of sp³-hybridized carbons (Fsp3) is 0.200. The van der Waals surface area contributed by atoms with Gasteiger partial charge in [0.2, 0.25) is 0 Å². The van der Waals surface area contributed by atoms with Crippen LogP contribution in [0.3, 0.4) is 0 Å². The van der Waals surface area contributed by atoms with E-state index < -0.39 is 6.10 Å². The number of imide groups is 1. The Morgan fingerprint density at radius 1 is 1.05 bits per heavy atom. The molecule has 3 rings (SSSR count). The Bertz CT molecular complexity index is 640. The highest BCUT2D eigenvalue weighted by atomic mass is 16.3. The van der Waals surface area contributed by atoms with E-state index in [0.29, 0.717) is 16.5 Å². The molecule has 4 nitrogen and oxygen atoms in total. The average Bonchev–Trinajstić information content (AvgIpc) is 2.40. The Balaban J connectivity index is 2.25. The molecule has 2 amide bonds. The van der Waals surface area contributed by atoms with Crippen molar-refractivity contribution in [3.8, 4) is 0 Å². The highest BCUT2D eigenvalue weighted by Crippen LogP contribution is 2.29. The van der Waals surface area contributed by atoms with Gasteiger partial charge >= 0.3 is 0 Å². The number of hydrogen-bond donors (Lipinski definition) is 1. The Morgan fingerprint density at radius 3 is 2.05 bits per heavy atom. The summed E-state index contributed by atoms with van der Waals surface area (Å²) in [6.45, 7) is 1.57. The molecule has 0 aliphatic carbocycles. The number of aliphatic hydroxyl groups excluding tert-OH is 1. The number of benzene rings is 2. The quantitative estimate of drug-likeness (QED) is 0.833. The smallest absolute Gasteiger partial charge is 0.261 e. The first-order valence-corrected chi connectivity index (χ1v) is 6.15. The molecular weight excluding hydrogens is 242 g/mol. The molecule has 0 fully saturated rings. The summed E-state index contributed by atoms with van der Waals surface area (Å²) in [4.78, 5) is 25.8. The molecule has 0 saturated carbocycles. The van der Waals surface area contributed by atoms with Crippen molar-refractivity contribution >= 4 is 22.6 Å². The summed E-state index contributed by atoms with van der Waals surface area (Å²) in [6, 6.07) is 10.8.